The molecule has 0 aliphatic heterocycles. The third-order valence-electron chi connectivity index (χ3n) is 4.85. The van der Waals surface area contributed by atoms with Crippen molar-refractivity contribution in [3.8, 4) is 17.6 Å². The van der Waals surface area contributed by atoms with Gasteiger partial charge in [-0.2, -0.15) is 5.26 Å². The number of nitrogens with zero attached hydrogens (tertiary/aromatic N) is 2. The molecule has 0 aromatic heterocycles. The number of carboxylic acid groups (broad SMARTS) is 1. The van der Waals surface area contributed by atoms with Crippen LogP contribution in [0.25, 0.3) is 6.08 Å². The quantitative estimate of drug-likeness (QED) is 0.179. The van der Waals surface area contributed by atoms with Crippen molar-refractivity contribution < 1.29 is 29.1 Å². The Morgan fingerprint density at radius 1 is 1.08 bits per heavy atom. The topological polar surface area (TPSA) is 152 Å². The predicted octanol–water partition coefficient (Wildman–Crippen LogP) is 4.82. The second kappa shape index (κ2) is 11.8. The third-order valence-corrected chi connectivity index (χ3v) is 4.85. The van der Waals surface area contributed by atoms with Gasteiger partial charge in [0.1, 0.15) is 18.2 Å². The van der Waals surface area contributed by atoms with Crippen LogP contribution in [0, 0.1) is 21.4 Å². The number of nitriles is 1. The molecule has 0 radical (unpaired) electrons. The fraction of sp³-hybridized carbons (Fsp3) is 0.115. The maximum absolute atomic E-state index is 12.6. The Kier molecular flexibility index (Phi) is 8.35. The lowest BCUT2D eigenvalue weighted by Gasteiger charge is -2.13. The van der Waals surface area contributed by atoms with Gasteiger partial charge in [-0.15, -0.1) is 0 Å². The van der Waals surface area contributed by atoms with Crippen LogP contribution in [0.5, 0.6) is 11.5 Å². The standard InChI is InChI=1S/C26H21N3O7/c1-2-35-24-13-18(8-11-23(24)36-16-17-6-9-22(10-7-17)29(33)34)12-20(15-27)25(30)28-21-5-3-4-19(14-21)26(31)32/h3-14H,2,16H2,1H3,(H,28,30)(H,31,32)/b20-12-. The van der Waals surface area contributed by atoms with E-state index >= 15 is 0 Å². The summed E-state index contributed by atoms with van der Waals surface area (Å²) in [4.78, 5) is 34.0. The minimum Gasteiger partial charge on any atom is -0.490 e. The Hall–Kier alpha value is -5.17. The number of hydrogen-bond acceptors (Lipinski definition) is 7. The molecule has 3 rings (SSSR count). The maximum atomic E-state index is 12.6. The SMILES string of the molecule is CCOc1cc(/C=C(/C#N)C(=O)Nc2cccc(C(=O)O)c2)ccc1OCc1ccc([N+](=O)[O-])cc1. The molecule has 0 atom stereocenters. The van der Waals surface area contributed by atoms with Gasteiger partial charge in [0.25, 0.3) is 11.6 Å². The molecule has 36 heavy (non-hydrogen) atoms. The second-order valence-electron chi connectivity index (χ2n) is 7.36. The number of carbonyl (C=O) groups excluding carboxylic acids is 1. The fourth-order valence-corrected chi connectivity index (χ4v) is 3.12. The number of nitrogens with one attached hydrogen (secondary N) is 1. The average molecular weight is 487 g/mol. The number of nitro benzene ring substituents is 1. The summed E-state index contributed by atoms with van der Waals surface area (Å²) in [5.41, 5.74) is 1.26. The molecule has 3 aromatic carbocycles. The van der Waals surface area contributed by atoms with Gasteiger partial charge >= 0.3 is 5.97 Å². The molecule has 0 fully saturated rings. The smallest absolute Gasteiger partial charge is 0.335 e. The van der Waals surface area contributed by atoms with E-state index in [2.05, 4.69) is 5.32 Å². The second-order valence-corrected chi connectivity index (χ2v) is 7.36. The van der Waals surface area contributed by atoms with E-state index in [1.165, 1.54) is 42.5 Å². The summed E-state index contributed by atoms with van der Waals surface area (Å²) in [5.74, 6) is -1.03. The normalized spacial score (nSPS) is 10.7. The molecule has 2 N–H and O–H groups in total. The predicted molar refractivity (Wildman–Crippen MR) is 131 cm³/mol. The van der Waals surface area contributed by atoms with Crippen LogP contribution < -0.4 is 14.8 Å². The number of ether oxygens (including phenoxy) is 2. The highest BCUT2D eigenvalue weighted by atomic mass is 16.6. The van der Waals surface area contributed by atoms with Crippen molar-refractivity contribution in [2.45, 2.75) is 13.5 Å². The van der Waals surface area contributed by atoms with Crippen LogP contribution in [0.1, 0.15) is 28.4 Å². The first-order valence-electron chi connectivity index (χ1n) is 10.7. The minimum atomic E-state index is -1.14. The highest BCUT2D eigenvalue weighted by molar-refractivity contribution is 6.10. The van der Waals surface area contributed by atoms with E-state index in [1.54, 1.807) is 37.3 Å². The summed E-state index contributed by atoms with van der Waals surface area (Å²) in [6.45, 7) is 2.28. The van der Waals surface area contributed by atoms with Crippen LogP contribution in [-0.2, 0) is 11.4 Å². The summed E-state index contributed by atoms with van der Waals surface area (Å²) in [5, 5.41) is 31.9. The first-order valence-corrected chi connectivity index (χ1v) is 10.7. The molecule has 0 saturated heterocycles. The Bertz CT molecular complexity index is 1360. The van der Waals surface area contributed by atoms with Gasteiger partial charge in [-0.25, -0.2) is 4.79 Å². The highest BCUT2D eigenvalue weighted by Gasteiger charge is 2.13. The number of aromatic carboxylic acids is 1. The molecule has 0 aliphatic rings. The molecule has 0 aliphatic carbocycles. The maximum Gasteiger partial charge on any atom is 0.335 e. The van der Waals surface area contributed by atoms with Gasteiger partial charge in [-0.1, -0.05) is 12.1 Å². The Morgan fingerprint density at radius 3 is 2.47 bits per heavy atom. The lowest BCUT2D eigenvalue weighted by Crippen LogP contribution is -2.14. The number of rotatable bonds is 10. The van der Waals surface area contributed by atoms with Crippen molar-refractivity contribution in [3.63, 3.8) is 0 Å². The van der Waals surface area contributed by atoms with E-state index in [1.807, 2.05) is 6.07 Å². The average Bonchev–Trinajstić information content (AvgIpc) is 2.87. The molecule has 10 heteroatoms. The molecule has 0 spiro atoms. The third kappa shape index (κ3) is 6.68. The van der Waals surface area contributed by atoms with Gasteiger partial charge in [-0.3, -0.25) is 14.9 Å². The summed E-state index contributed by atoms with van der Waals surface area (Å²) >= 11 is 0. The van der Waals surface area contributed by atoms with E-state index in [0.717, 1.165) is 5.56 Å². The lowest BCUT2D eigenvalue weighted by atomic mass is 10.1. The van der Waals surface area contributed by atoms with E-state index < -0.39 is 16.8 Å². The van der Waals surface area contributed by atoms with Crippen molar-refractivity contribution >= 4 is 29.3 Å². The first-order chi connectivity index (χ1) is 17.3. The molecule has 182 valence electrons. The van der Waals surface area contributed by atoms with Crippen LogP contribution in [0.4, 0.5) is 11.4 Å². The van der Waals surface area contributed by atoms with Gasteiger partial charge in [0, 0.05) is 17.8 Å². The van der Waals surface area contributed by atoms with Gasteiger partial charge in [0.15, 0.2) is 11.5 Å². The number of anilines is 1. The molecule has 0 unspecified atom stereocenters. The highest BCUT2D eigenvalue weighted by Crippen LogP contribution is 2.30. The fourth-order valence-electron chi connectivity index (χ4n) is 3.12. The summed E-state index contributed by atoms with van der Waals surface area (Å²) in [6, 6.07) is 18.4. The monoisotopic (exact) mass is 487 g/mol. The number of amides is 1. The van der Waals surface area contributed by atoms with Crippen molar-refractivity contribution in [1.29, 1.82) is 5.26 Å². The zero-order chi connectivity index (χ0) is 26.1. The van der Waals surface area contributed by atoms with E-state index in [-0.39, 0.29) is 29.1 Å². The molecule has 0 bridgehead atoms. The van der Waals surface area contributed by atoms with Crippen LogP contribution in [0.2, 0.25) is 0 Å². The molecule has 3 aromatic rings. The van der Waals surface area contributed by atoms with Gasteiger partial charge in [0.2, 0.25) is 0 Å². The zero-order valence-electron chi connectivity index (χ0n) is 19.1. The van der Waals surface area contributed by atoms with Crippen molar-refractivity contribution in [2.75, 3.05) is 11.9 Å². The summed E-state index contributed by atoms with van der Waals surface area (Å²) in [6.07, 6.45) is 1.37. The number of carboxylic acids is 1. The Labute approximate surface area is 206 Å². The number of non-ortho nitro benzene ring substituents is 1. The van der Waals surface area contributed by atoms with Crippen LogP contribution in [0.3, 0.4) is 0 Å². The first kappa shape index (κ1) is 25.5. The largest absolute Gasteiger partial charge is 0.490 e. The Balaban J connectivity index is 1.76. The van der Waals surface area contributed by atoms with Crippen LogP contribution >= 0.6 is 0 Å². The molecular formula is C26H21N3O7. The number of hydrogen-bond donors (Lipinski definition) is 2. The molecular weight excluding hydrogens is 466 g/mol. The van der Waals surface area contributed by atoms with Gasteiger partial charge in [0.05, 0.1) is 17.1 Å². The van der Waals surface area contributed by atoms with E-state index in [9.17, 15) is 25.0 Å². The Morgan fingerprint density at radius 2 is 1.83 bits per heavy atom. The number of nitro groups is 1. The van der Waals surface area contributed by atoms with Crippen molar-refractivity contribution in [1.82, 2.24) is 0 Å². The van der Waals surface area contributed by atoms with Gasteiger partial charge in [-0.05, 0) is 66.6 Å². The van der Waals surface area contributed by atoms with Crippen LogP contribution in [-0.4, -0.2) is 28.5 Å². The molecule has 10 nitrogen and oxygen atoms in total. The van der Waals surface area contributed by atoms with Crippen molar-refractivity contribution in [3.05, 3.63) is 99.1 Å². The van der Waals surface area contributed by atoms with E-state index in [0.29, 0.717) is 23.7 Å². The van der Waals surface area contributed by atoms with Gasteiger partial charge < -0.3 is 19.9 Å². The zero-order valence-corrected chi connectivity index (χ0v) is 19.1. The minimum absolute atomic E-state index is 0.000887. The lowest BCUT2D eigenvalue weighted by molar-refractivity contribution is -0.384. The molecule has 0 saturated carbocycles. The molecule has 1 amide bonds. The number of benzene rings is 3. The van der Waals surface area contributed by atoms with E-state index in [4.69, 9.17) is 14.6 Å². The summed E-state index contributed by atoms with van der Waals surface area (Å²) < 4.78 is 11.5. The summed E-state index contributed by atoms with van der Waals surface area (Å²) in [7, 11) is 0. The van der Waals surface area contributed by atoms with Crippen molar-refractivity contribution in [2.24, 2.45) is 0 Å². The number of carbonyl (C=O) groups is 2. The van der Waals surface area contributed by atoms with Crippen LogP contribution in [0.15, 0.2) is 72.3 Å². The molecule has 0 heterocycles.